The summed E-state index contributed by atoms with van der Waals surface area (Å²) in [5.74, 6) is 0.409. The predicted octanol–water partition coefficient (Wildman–Crippen LogP) is 3.37. The third-order valence-electron chi connectivity index (χ3n) is 3.71. The lowest BCUT2D eigenvalue weighted by Crippen LogP contribution is -2.52. The summed E-state index contributed by atoms with van der Waals surface area (Å²) in [4.78, 5) is 13.1. The van der Waals surface area contributed by atoms with Gasteiger partial charge >= 0.3 is 0 Å². The third-order valence-corrected chi connectivity index (χ3v) is 4.08. The molecule has 0 fully saturated rings. The van der Waals surface area contributed by atoms with Crippen molar-refractivity contribution in [3.63, 3.8) is 0 Å². The van der Waals surface area contributed by atoms with E-state index in [-0.39, 0.29) is 18.0 Å². The Labute approximate surface area is 138 Å². The second-order valence-corrected chi connectivity index (χ2v) is 6.94. The van der Waals surface area contributed by atoms with Gasteiger partial charge < -0.3 is 14.7 Å². The Morgan fingerprint density at radius 3 is 2.00 bits per heavy atom. The molecular formula is C17H26ClNO3. The second kappa shape index (κ2) is 7.34. The molecule has 1 rings (SSSR count). The molecule has 5 heteroatoms. The molecule has 0 aromatic heterocycles. The van der Waals surface area contributed by atoms with Crippen molar-refractivity contribution in [1.82, 2.24) is 4.90 Å². The fourth-order valence-corrected chi connectivity index (χ4v) is 2.76. The molecule has 0 aliphatic heterocycles. The fourth-order valence-electron chi connectivity index (χ4n) is 2.53. The minimum Gasteiger partial charge on any atom is -0.497 e. The average molecular weight is 328 g/mol. The van der Waals surface area contributed by atoms with E-state index < -0.39 is 11.0 Å². The quantitative estimate of drug-likeness (QED) is 0.815. The van der Waals surface area contributed by atoms with Gasteiger partial charge in [0.05, 0.1) is 7.11 Å². The van der Waals surface area contributed by atoms with E-state index in [0.717, 1.165) is 0 Å². The topological polar surface area (TPSA) is 49.8 Å². The zero-order valence-corrected chi connectivity index (χ0v) is 14.9. The van der Waals surface area contributed by atoms with E-state index in [1.165, 1.54) is 0 Å². The molecule has 1 N–H and O–H groups in total. The molecule has 0 spiro atoms. The van der Waals surface area contributed by atoms with Crippen molar-refractivity contribution in [3.8, 4) is 5.75 Å². The van der Waals surface area contributed by atoms with Gasteiger partial charge in [-0.05, 0) is 52.3 Å². The Hall–Kier alpha value is -1.26. The number of methoxy groups -OCH3 is 1. The number of carbonyl (C=O) groups is 1. The van der Waals surface area contributed by atoms with Crippen LogP contribution in [0, 0.1) is 0 Å². The molecule has 0 heterocycles. The summed E-state index contributed by atoms with van der Waals surface area (Å²) in [6.07, 6.45) is -1.10. The van der Waals surface area contributed by atoms with Crippen molar-refractivity contribution in [1.29, 1.82) is 0 Å². The first-order valence-corrected chi connectivity index (χ1v) is 7.84. The van der Waals surface area contributed by atoms with Crippen molar-refractivity contribution in [2.24, 2.45) is 0 Å². The molecule has 0 radical (unpaired) electrons. The lowest BCUT2D eigenvalue weighted by Gasteiger charge is -2.38. The number of halogens is 1. The normalized spacial score (nSPS) is 15.5. The lowest BCUT2D eigenvalue weighted by atomic mass is 9.94. The zero-order chi connectivity index (χ0) is 17.1. The molecule has 1 aromatic carbocycles. The number of nitrogens with zero attached hydrogens (tertiary/aromatic N) is 1. The van der Waals surface area contributed by atoms with E-state index in [2.05, 4.69) is 0 Å². The SMILES string of the molecule is COc1ccc(C(O)C(C)(Cl)C(=O)N(C(C)C)C(C)C)cc1. The minimum absolute atomic E-state index is 0.00800. The molecule has 0 aliphatic carbocycles. The molecule has 0 bridgehead atoms. The van der Waals surface area contributed by atoms with Crippen molar-refractivity contribution in [2.45, 2.75) is 57.7 Å². The van der Waals surface area contributed by atoms with Gasteiger partial charge in [0, 0.05) is 12.1 Å². The van der Waals surface area contributed by atoms with E-state index in [1.807, 2.05) is 27.7 Å². The third kappa shape index (κ3) is 3.93. The Morgan fingerprint density at radius 1 is 1.18 bits per heavy atom. The maximum Gasteiger partial charge on any atom is 0.246 e. The first-order valence-electron chi connectivity index (χ1n) is 7.46. The van der Waals surface area contributed by atoms with Crippen molar-refractivity contribution in [2.75, 3.05) is 7.11 Å². The highest BCUT2D eigenvalue weighted by Gasteiger charge is 2.43. The first-order chi connectivity index (χ1) is 10.1. The van der Waals surface area contributed by atoms with Crippen LogP contribution < -0.4 is 4.74 Å². The van der Waals surface area contributed by atoms with Gasteiger partial charge in [0.2, 0.25) is 5.91 Å². The van der Waals surface area contributed by atoms with Crippen LogP contribution >= 0.6 is 11.6 Å². The summed E-state index contributed by atoms with van der Waals surface area (Å²) < 4.78 is 5.09. The van der Waals surface area contributed by atoms with E-state index in [0.29, 0.717) is 11.3 Å². The van der Waals surface area contributed by atoms with Gasteiger partial charge in [0.15, 0.2) is 0 Å². The summed E-state index contributed by atoms with van der Waals surface area (Å²) in [7, 11) is 1.57. The number of ether oxygens (including phenoxy) is 1. The molecule has 2 atom stereocenters. The molecule has 4 nitrogen and oxygen atoms in total. The number of rotatable bonds is 6. The van der Waals surface area contributed by atoms with E-state index >= 15 is 0 Å². The number of aliphatic hydroxyl groups is 1. The van der Waals surface area contributed by atoms with Crippen LogP contribution in [0.4, 0.5) is 0 Å². The maximum absolute atomic E-state index is 12.8. The Kier molecular flexibility index (Phi) is 6.27. The highest BCUT2D eigenvalue weighted by atomic mass is 35.5. The molecule has 0 saturated heterocycles. The number of hydrogen-bond acceptors (Lipinski definition) is 3. The van der Waals surface area contributed by atoms with Gasteiger partial charge in [-0.15, -0.1) is 11.6 Å². The molecule has 2 unspecified atom stereocenters. The number of benzene rings is 1. The summed E-state index contributed by atoms with van der Waals surface area (Å²) in [5.41, 5.74) is 0.583. The number of hydrogen-bond donors (Lipinski definition) is 1. The van der Waals surface area contributed by atoms with Crippen LogP contribution in [-0.2, 0) is 4.79 Å². The Bertz CT molecular complexity index is 489. The van der Waals surface area contributed by atoms with Crippen LogP contribution in [0.15, 0.2) is 24.3 Å². The molecule has 1 amide bonds. The Balaban J connectivity index is 3.06. The van der Waals surface area contributed by atoms with Crippen LogP contribution in [0.3, 0.4) is 0 Å². The molecule has 1 aromatic rings. The lowest BCUT2D eigenvalue weighted by molar-refractivity contribution is -0.140. The van der Waals surface area contributed by atoms with Gasteiger partial charge in [-0.3, -0.25) is 4.79 Å². The standard InChI is InChI=1S/C17H26ClNO3/c1-11(2)19(12(3)4)16(21)17(5,18)15(20)13-7-9-14(22-6)10-8-13/h7-12,15,20H,1-6H3. The summed E-state index contributed by atoms with van der Waals surface area (Å²) in [6, 6.07) is 6.92. The number of alkyl halides is 1. The monoisotopic (exact) mass is 327 g/mol. The summed E-state index contributed by atoms with van der Waals surface area (Å²) in [6.45, 7) is 9.30. The van der Waals surface area contributed by atoms with Gasteiger partial charge in [-0.25, -0.2) is 0 Å². The predicted molar refractivity (Wildman–Crippen MR) is 89.3 cm³/mol. The highest BCUT2D eigenvalue weighted by Crippen LogP contribution is 2.35. The number of carbonyl (C=O) groups excluding carboxylic acids is 1. The fraction of sp³-hybridized carbons (Fsp3) is 0.588. The highest BCUT2D eigenvalue weighted by molar-refractivity contribution is 6.35. The zero-order valence-electron chi connectivity index (χ0n) is 14.1. The molecule has 124 valence electrons. The van der Waals surface area contributed by atoms with Crippen molar-refractivity contribution >= 4 is 17.5 Å². The van der Waals surface area contributed by atoms with Crippen molar-refractivity contribution in [3.05, 3.63) is 29.8 Å². The number of aliphatic hydroxyl groups excluding tert-OH is 1. The first kappa shape index (κ1) is 18.8. The van der Waals surface area contributed by atoms with Gasteiger partial charge in [-0.1, -0.05) is 12.1 Å². The van der Waals surface area contributed by atoms with Crippen LogP contribution in [0.25, 0.3) is 0 Å². The van der Waals surface area contributed by atoms with Gasteiger partial charge in [0.1, 0.15) is 16.7 Å². The Morgan fingerprint density at radius 2 is 1.64 bits per heavy atom. The minimum atomic E-state index is -1.43. The summed E-state index contributed by atoms with van der Waals surface area (Å²) >= 11 is 6.46. The molecule has 0 saturated carbocycles. The van der Waals surface area contributed by atoms with Gasteiger partial charge in [0.25, 0.3) is 0 Å². The van der Waals surface area contributed by atoms with Crippen LogP contribution in [-0.4, -0.2) is 40.0 Å². The van der Waals surface area contributed by atoms with E-state index in [1.54, 1.807) is 43.2 Å². The van der Waals surface area contributed by atoms with E-state index in [9.17, 15) is 9.90 Å². The smallest absolute Gasteiger partial charge is 0.246 e. The van der Waals surface area contributed by atoms with Crippen LogP contribution in [0.1, 0.15) is 46.3 Å². The molecular weight excluding hydrogens is 302 g/mol. The van der Waals surface area contributed by atoms with Gasteiger partial charge in [-0.2, -0.15) is 0 Å². The van der Waals surface area contributed by atoms with Crippen molar-refractivity contribution < 1.29 is 14.6 Å². The summed E-state index contributed by atoms with van der Waals surface area (Å²) in [5, 5.41) is 10.6. The average Bonchev–Trinajstić information content (AvgIpc) is 2.45. The van der Waals surface area contributed by atoms with Crippen LogP contribution in [0.5, 0.6) is 5.75 Å². The van der Waals surface area contributed by atoms with E-state index in [4.69, 9.17) is 16.3 Å². The largest absolute Gasteiger partial charge is 0.497 e. The van der Waals surface area contributed by atoms with Crippen LogP contribution in [0.2, 0.25) is 0 Å². The molecule has 22 heavy (non-hydrogen) atoms. The maximum atomic E-state index is 12.8. The molecule has 0 aliphatic rings. The number of amides is 1. The second-order valence-electron chi connectivity index (χ2n) is 6.15.